The second kappa shape index (κ2) is 9.41. The molecular formula is C15H21NO4S. The van der Waals surface area contributed by atoms with Crippen molar-refractivity contribution in [2.75, 3.05) is 32.6 Å². The van der Waals surface area contributed by atoms with Crippen LogP contribution in [0.5, 0.6) is 0 Å². The third kappa shape index (κ3) is 7.15. The molecule has 0 atom stereocenters. The van der Waals surface area contributed by atoms with E-state index in [0.717, 1.165) is 4.90 Å². The Morgan fingerprint density at radius 1 is 1.24 bits per heavy atom. The third-order valence-corrected chi connectivity index (χ3v) is 3.79. The molecule has 0 aliphatic carbocycles. The van der Waals surface area contributed by atoms with Gasteiger partial charge in [-0.25, -0.2) is 0 Å². The summed E-state index contributed by atoms with van der Waals surface area (Å²) < 4.78 is 9.70. The van der Waals surface area contributed by atoms with Gasteiger partial charge in [0.1, 0.15) is 0 Å². The Balaban J connectivity index is 2.24. The van der Waals surface area contributed by atoms with E-state index in [0.29, 0.717) is 13.2 Å². The molecule has 1 amide bonds. The summed E-state index contributed by atoms with van der Waals surface area (Å²) in [6.45, 7) is 4.66. The lowest BCUT2D eigenvalue weighted by atomic mass is 10.1. The lowest BCUT2D eigenvalue weighted by Crippen LogP contribution is -2.31. The highest BCUT2D eigenvalue weighted by atomic mass is 32.2. The molecule has 0 bridgehead atoms. The number of hydrogen-bond acceptors (Lipinski definition) is 5. The summed E-state index contributed by atoms with van der Waals surface area (Å²) in [5, 5.41) is 2.58. The number of amides is 1. The van der Waals surface area contributed by atoms with E-state index in [1.165, 1.54) is 22.9 Å². The zero-order chi connectivity index (χ0) is 15.7. The zero-order valence-corrected chi connectivity index (χ0v) is 13.4. The van der Waals surface area contributed by atoms with Crippen LogP contribution in [-0.2, 0) is 19.1 Å². The molecule has 0 saturated heterocycles. The van der Waals surface area contributed by atoms with Crippen molar-refractivity contribution in [1.82, 2.24) is 5.32 Å². The molecule has 1 aromatic rings. The number of aryl methyl sites for hydroxylation is 2. The largest absolute Gasteiger partial charge is 0.455 e. The maximum absolute atomic E-state index is 11.6. The van der Waals surface area contributed by atoms with Crippen LogP contribution in [0.1, 0.15) is 11.1 Å². The number of carbonyl (C=O) groups is 2. The Hall–Kier alpha value is -1.53. The average molecular weight is 311 g/mol. The number of thioether (sulfide) groups is 1. The van der Waals surface area contributed by atoms with E-state index >= 15 is 0 Å². The van der Waals surface area contributed by atoms with Gasteiger partial charge in [0.15, 0.2) is 6.61 Å². The van der Waals surface area contributed by atoms with Crippen molar-refractivity contribution in [3.63, 3.8) is 0 Å². The standard InChI is InChI=1S/C15H21NO4S/c1-11-4-5-13(8-12(11)2)21-10-15(18)20-9-14(17)16-6-7-19-3/h4-5,8H,6-7,9-10H2,1-3H3,(H,16,17). The third-order valence-electron chi connectivity index (χ3n) is 2.83. The minimum absolute atomic E-state index is 0.188. The minimum Gasteiger partial charge on any atom is -0.455 e. The molecule has 6 heteroatoms. The summed E-state index contributed by atoms with van der Waals surface area (Å²) in [6.07, 6.45) is 0. The molecule has 0 aliphatic rings. The highest BCUT2D eigenvalue weighted by molar-refractivity contribution is 8.00. The van der Waals surface area contributed by atoms with E-state index in [2.05, 4.69) is 5.32 Å². The van der Waals surface area contributed by atoms with Gasteiger partial charge in [-0.2, -0.15) is 0 Å². The van der Waals surface area contributed by atoms with Gasteiger partial charge in [-0.1, -0.05) is 6.07 Å². The van der Waals surface area contributed by atoms with Gasteiger partial charge < -0.3 is 14.8 Å². The monoisotopic (exact) mass is 311 g/mol. The first-order valence-corrected chi connectivity index (χ1v) is 7.63. The number of nitrogens with one attached hydrogen (secondary N) is 1. The maximum Gasteiger partial charge on any atom is 0.316 e. The first-order chi connectivity index (χ1) is 10.0. The topological polar surface area (TPSA) is 64.6 Å². The molecule has 0 saturated carbocycles. The molecular weight excluding hydrogens is 290 g/mol. The lowest BCUT2D eigenvalue weighted by molar-refractivity contribution is -0.145. The fourth-order valence-corrected chi connectivity index (χ4v) is 2.27. The molecule has 0 spiro atoms. The Morgan fingerprint density at radius 2 is 2.00 bits per heavy atom. The molecule has 0 radical (unpaired) electrons. The highest BCUT2D eigenvalue weighted by Crippen LogP contribution is 2.20. The normalized spacial score (nSPS) is 10.2. The minimum atomic E-state index is -0.403. The highest BCUT2D eigenvalue weighted by Gasteiger charge is 2.08. The van der Waals surface area contributed by atoms with Crippen molar-refractivity contribution in [3.8, 4) is 0 Å². The van der Waals surface area contributed by atoms with Crippen LogP contribution in [0.2, 0.25) is 0 Å². The van der Waals surface area contributed by atoms with Crippen molar-refractivity contribution in [1.29, 1.82) is 0 Å². The average Bonchev–Trinajstić information content (AvgIpc) is 2.46. The second-order valence-corrected chi connectivity index (χ2v) is 5.59. The van der Waals surface area contributed by atoms with Crippen LogP contribution in [0.15, 0.2) is 23.1 Å². The predicted molar refractivity (Wildman–Crippen MR) is 82.5 cm³/mol. The van der Waals surface area contributed by atoms with E-state index in [1.807, 2.05) is 32.0 Å². The number of esters is 1. The molecule has 0 heterocycles. The molecule has 1 N–H and O–H groups in total. The smallest absolute Gasteiger partial charge is 0.316 e. The molecule has 0 fully saturated rings. The van der Waals surface area contributed by atoms with Crippen molar-refractivity contribution >= 4 is 23.6 Å². The van der Waals surface area contributed by atoms with Gasteiger partial charge in [-0.3, -0.25) is 9.59 Å². The van der Waals surface area contributed by atoms with Crippen LogP contribution in [0.25, 0.3) is 0 Å². The molecule has 116 valence electrons. The molecule has 0 aliphatic heterocycles. The summed E-state index contributed by atoms with van der Waals surface area (Å²) in [5.74, 6) is -0.537. The van der Waals surface area contributed by atoms with E-state index in [-0.39, 0.29) is 18.3 Å². The SMILES string of the molecule is COCCNC(=O)COC(=O)CSc1ccc(C)c(C)c1. The van der Waals surface area contributed by atoms with Crippen LogP contribution < -0.4 is 5.32 Å². The van der Waals surface area contributed by atoms with E-state index in [4.69, 9.17) is 9.47 Å². The Morgan fingerprint density at radius 3 is 2.67 bits per heavy atom. The Labute approximate surface area is 129 Å². The number of benzene rings is 1. The van der Waals surface area contributed by atoms with Crippen molar-refractivity contribution < 1.29 is 19.1 Å². The quantitative estimate of drug-likeness (QED) is 0.450. The van der Waals surface area contributed by atoms with E-state index in [1.54, 1.807) is 7.11 Å². The van der Waals surface area contributed by atoms with Gasteiger partial charge in [0.25, 0.3) is 5.91 Å². The summed E-state index contributed by atoms with van der Waals surface area (Å²) in [6, 6.07) is 6.02. The molecule has 1 aromatic carbocycles. The first-order valence-electron chi connectivity index (χ1n) is 6.64. The van der Waals surface area contributed by atoms with Crippen molar-refractivity contribution in [2.24, 2.45) is 0 Å². The van der Waals surface area contributed by atoms with Crippen molar-refractivity contribution in [2.45, 2.75) is 18.7 Å². The molecule has 5 nitrogen and oxygen atoms in total. The van der Waals surface area contributed by atoms with Gasteiger partial charge in [-0.05, 0) is 37.1 Å². The lowest BCUT2D eigenvalue weighted by Gasteiger charge is -2.07. The first kappa shape index (κ1) is 17.5. The molecule has 1 rings (SSSR count). The number of ether oxygens (including phenoxy) is 2. The summed E-state index contributed by atoms with van der Waals surface area (Å²) in [4.78, 5) is 23.9. The van der Waals surface area contributed by atoms with Gasteiger partial charge in [0.05, 0.1) is 12.4 Å². The second-order valence-electron chi connectivity index (χ2n) is 4.54. The number of hydrogen-bond donors (Lipinski definition) is 1. The van der Waals surface area contributed by atoms with Gasteiger partial charge in [0, 0.05) is 18.6 Å². The van der Waals surface area contributed by atoms with Crippen molar-refractivity contribution in [3.05, 3.63) is 29.3 Å². The summed E-state index contributed by atoms with van der Waals surface area (Å²) >= 11 is 1.40. The van der Waals surface area contributed by atoms with Crippen LogP contribution in [0, 0.1) is 13.8 Å². The fourth-order valence-electron chi connectivity index (χ4n) is 1.48. The Bertz CT molecular complexity index is 491. The van der Waals surface area contributed by atoms with Crippen LogP contribution in [-0.4, -0.2) is 44.5 Å². The summed E-state index contributed by atoms with van der Waals surface area (Å²) in [5.41, 5.74) is 2.40. The maximum atomic E-state index is 11.6. The van der Waals surface area contributed by atoms with Gasteiger partial charge >= 0.3 is 5.97 Å². The van der Waals surface area contributed by atoms with Crippen LogP contribution in [0.4, 0.5) is 0 Å². The van der Waals surface area contributed by atoms with Crippen LogP contribution in [0.3, 0.4) is 0 Å². The zero-order valence-electron chi connectivity index (χ0n) is 12.6. The summed E-state index contributed by atoms with van der Waals surface area (Å²) in [7, 11) is 1.55. The number of rotatable bonds is 8. The van der Waals surface area contributed by atoms with E-state index < -0.39 is 5.97 Å². The predicted octanol–water partition coefficient (Wildman–Crippen LogP) is 1.70. The molecule has 21 heavy (non-hydrogen) atoms. The van der Waals surface area contributed by atoms with Crippen LogP contribution >= 0.6 is 11.8 Å². The van der Waals surface area contributed by atoms with Gasteiger partial charge in [-0.15, -0.1) is 11.8 Å². The number of methoxy groups -OCH3 is 1. The fraction of sp³-hybridized carbons (Fsp3) is 0.467. The number of carbonyl (C=O) groups excluding carboxylic acids is 2. The Kier molecular flexibility index (Phi) is 7.85. The molecule has 0 unspecified atom stereocenters. The van der Waals surface area contributed by atoms with E-state index in [9.17, 15) is 9.59 Å². The van der Waals surface area contributed by atoms with Gasteiger partial charge in [0.2, 0.25) is 0 Å². The molecule has 0 aromatic heterocycles.